The first-order valence-electron chi connectivity index (χ1n) is 9.01. The average Bonchev–Trinajstić information content (AvgIpc) is 3.37. The summed E-state index contributed by atoms with van der Waals surface area (Å²) in [4.78, 5) is 34.2. The fraction of sp³-hybridized carbons (Fsp3) is 0.0455. The molecule has 0 saturated carbocycles. The molecule has 0 N–H and O–H groups in total. The van der Waals surface area contributed by atoms with Crippen LogP contribution in [0.3, 0.4) is 0 Å². The Labute approximate surface area is 185 Å². The molecule has 2 aromatic heterocycles. The summed E-state index contributed by atoms with van der Waals surface area (Å²) in [5, 5.41) is 9.34. The van der Waals surface area contributed by atoms with E-state index in [1.807, 2.05) is 0 Å². The zero-order valence-corrected chi connectivity index (χ0v) is 17.3. The molecule has 2 heterocycles. The summed E-state index contributed by atoms with van der Waals surface area (Å²) in [6, 6.07) is 11.8. The van der Waals surface area contributed by atoms with Crippen molar-refractivity contribution in [1.29, 1.82) is 5.26 Å². The fourth-order valence-corrected chi connectivity index (χ4v) is 3.79. The van der Waals surface area contributed by atoms with Crippen LogP contribution in [0.4, 0.5) is 0 Å². The lowest BCUT2D eigenvalue weighted by Gasteiger charge is -2.01. The van der Waals surface area contributed by atoms with Gasteiger partial charge in [0.2, 0.25) is 11.5 Å². The Morgan fingerprint density at radius 2 is 1.65 bits per heavy atom. The minimum atomic E-state index is -0.466. The standard InChI is InChI=1S/C22H10Cl2N4O3/c1-28-20(11-4-2-10(9-25)3-5-11)27-22-21(28)26-17(31-22)8-14-18(29)12-6-15(23)16(24)7-13(12)19(14)30/h2-8H,1H3. The van der Waals surface area contributed by atoms with Gasteiger partial charge in [-0.25, -0.2) is 0 Å². The molecule has 0 amide bonds. The summed E-state index contributed by atoms with van der Waals surface area (Å²) >= 11 is 12.0. The van der Waals surface area contributed by atoms with E-state index in [4.69, 9.17) is 32.9 Å². The predicted molar refractivity (Wildman–Crippen MR) is 114 cm³/mol. The van der Waals surface area contributed by atoms with Gasteiger partial charge in [0.15, 0.2) is 11.6 Å². The van der Waals surface area contributed by atoms with Crippen molar-refractivity contribution in [2.24, 2.45) is 7.05 Å². The smallest absolute Gasteiger partial charge is 0.267 e. The third-order valence-electron chi connectivity index (χ3n) is 5.03. The second-order valence-corrected chi connectivity index (χ2v) is 7.71. The van der Waals surface area contributed by atoms with Gasteiger partial charge in [0.25, 0.3) is 5.71 Å². The van der Waals surface area contributed by atoms with E-state index < -0.39 is 11.6 Å². The fourth-order valence-electron chi connectivity index (χ4n) is 3.47. The van der Waals surface area contributed by atoms with Crippen LogP contribution in [0.2, 0.25) is 10.0 Å². The SMILES string of the molecule is Cn1c(-c2ccc(C#N)cc2)nc2oc(C=C3C(=O)c4cc(Cl)c(Cl)cc4C3=O)nc21. The van der Waals surface area contributed by atoms with Crippen LogP contribution in [-0.4, -0.2) is 26.1 Å². The highest BCUT2D eigenvalue weighted by Gasteiger charge is 2.34. The van der Waals surface area contributed by atoms with Crippen LogP contribution in [0.5, 0.6) is 0 Å². The first-order valence-corrected chi connectivity index (χ1v) is 9.77. The van der Waals surface area contributed by atoms with Crippen molar-refractivity contribution >= 4 is 52.2 Å². The van der Waals surface area contributed by atoms with Crippen molar-refractivity contribution < 1.29 is 14.0 Å². The number of nitrogens with zero attached hydrogens (tertiary/aromatic N) is 4. The molecule has 4 aromatic rings. The molecule has 0 radical (unpaired) electrons. The number of imidazole rings is 1. The maximum Gasteiger partial charge on any atom is 0.267 e. The Bertz CT molecular complexity index is 1460. The molecular formula is C22H10Cl2N4O3. The van der Waals surface area contributed by atoms with Crippen molar-refractivity contribution in [2.75, 3.05) is 0 Å². The van der Waals surface area contributed by atoms with E-state index >= 15 is 0 Å². The second kappa shape index (κ2) is 6.91. The van der Waals surface area contributed by atoms with Gasteiger partial charge >= 0.3 is 0 Å². The molecule has 7 nitrogen and oxygen atoms in total. The topological polar surface area (TPSA) is 102 Å². The third-order valence-corrected chi connectivity index (χ3v) is 5.75. The van der Waals surface area contributed by atoms with Crippen molar-refractivity contribution in [3.05, 3.63) is 74.6 Å². The summed E-state index contributed by atoms with van der Waals surface area (Å²) in [5.41, 5.74) is 2.37. The molecule has 1 aliphatic carbocycles. The normalized spacial score (nSPS) is 13.0. The zero-order valence-electron chi connectivity index (χ0n) is 15.8. The van der Waals surface area contributed by atoms with E-state index in [9.17, 15) is 9.59 Å². The summed E-state index contributed by atoms with van der Waals surface area (Å²) in [5.74, 6) is -0.241. The number of Topliss-reactive ketones (excluding diaryl/α,β-unsaturated/α-hetero) is 2. The summed E-state index contributed by atoms with van der Waals surface area (Å²) in [6.45, 7) is 0. The van der Waals surface area contributed by atoms with Gasteiger partial charge < -0.3 is 8.98 Å². The van der Waals surface area contributed by atoms with Gasteiger partial charge in [-0.15, -0.1) is 0 Å². The number of carbonyl (C=O) groups excluding carboxylic acids is 2. The summed E-state index contributed by atoms with van der Waals surface area (Å²) in [7, 11) is 1.77. The first kappa shape index (κ1) is 19.2. The second-order valence-electron chi connectivity index (χ2n) is 6.89. The number of allylic oxidation sites excluding steroid dienone is 1. The zero-order chi connectivity index (χ0) is 21.9. The number of oxazole rings is 1. The minimum Gasteiger partial charge on any atom is -0.417 e. The van der Waals surface area contributed by atoms with Crippen LogP contribution in [0.1, 0.15) is 32.2 Å². The molecular weight excluding hydrogens is 439 g/mol. The van der Waals surface area contributed by atoms with Crippen molar-refractivity contribution in [3.63, 3.8) is 0 Å². The maximum absolute atomic E-state index is 12.7. The number of hydrogen-bond acceptors (Lipinski definition) is 6. The largest absolute Gasteiger partial charge is 0.417 e. The van der Waals surface area contributed by atoms with Crippen LogP contribution in [-0.2, 0) is 7.05 Å². The van der Waals surface area contributed by atoms with E-state index in [0.29, 0.717) is 17.0 Å². The van der Waals surface area contributed by atoms with Gasteiger partial charge in [0, 0.05) is 29.8 Å². The Morgan fingerprint density at radius 3 is 2.19 bits per heavy atom. The van der Waals surface area contributed by atoms with Crippen molar-refractivity contribution in [1.82, 2.24) is 14.5 Å². The quantitative estimate of drug-likeness (QED) is 0.320. The Hall–Kier alpha value is -3.73. The molecule has 0 saturated heterocycles. The van der Waals surface area contributed by atoms with Crippen LogP contribution in [0.25, 0.3) is 28.8 Å². The molecule has 5 rings (SSSR count). The predicted octanol–water partition coefficient (Wildman–Crippen LogP) is 4.87. The number of ketones is 2. The molecule has 0 aliphatic heterocycles. The lowest BCUT2D eigenvalue weighted by Crippen LogP contribution is -2.00. The highest BCUT2D eigenvalue weighted by molar-refractivity contribution is 6.46. The highest BCUT2D eigenvalue weighted by atomic mass is 35.5. The average molecular weight is 449 g/mol. The summed E-state index contributed by atoms with van der Waals surface area (Å²) < 4.78 is 7.40. The van der Waals surface area contributed by atoms with Gasteiger partial charge in [-0.05, 0) is 36.4 Å². The van der Waals surface area contributed by atoms with Gasteiger partial charge in [0.1, 0.15) is 5.82 Å². The van der Waals surface area contributed by atoms with E-state index in [-0.39, 0.29) is 38.3 Å². The monoisotopic (exact) mass is 448 g/mol. The van der Waals surface area contributed by atoms with Crippen LogP contribution in [0, 0.1) is 11.3 Å². The third kappa shape index (κ3) is 2.96. The highest BCUT2D eigenvalue weighted by Crippen LogP contribution is 2.34. The van der Waals surface area contributed by atoms with E-state index in [0.717, 1.165) is 5.56 Å². The number of fused-ring (bicyclic) bond motifs is 2. The maximum atomic E-state index is 12.7. The number of benzene rings is 2. The Balaban J connectivity index is 1.53. The van der Waals surface area contributed by atoms with Gasteiger partial charge in [-0.2, -0.15) is 15.2 Å². The molecule has 0 bridgehead atoms. The number of aromatic nitrogens is 3. The first-order chi connectivity index (χ1) is 14.9. The molecule has 1 aliphatic rings. The van der Waals surface area contributed by atoms with E-state index in [2.05, 4.69) is 16.0 Å². The summed E-state index contributed by atoms with van der Waals surface area (Å²) in [6.07, 6.45) is 1.30. The van der Waals surface area contributed by atoms with Gasteiger partial charge in [0.05, 0.1) is 27.3 Å². The lowest BCUT2D eigenvalue weighted by molar-refractivity contribution is 0.0990. The van der Waals surface area contributed by atoms with Crippen molar-refractivity contribution in [3.8, 4) is 17.5 Å². The number of carbonyl (C=O) groups is 2. The van der Waals surface area contributed by atoms with E-state index in [1.54, 1.807) is 35.9 Å². The Morgan fingerprint density at radius 1 is 1.03 bits per heavy atom. The lowest BCUT2D eigenvalue weighted by atomic mass is 10.1. The molecule has 0 fully saturated rings. The Kier molecular flexibility index (Phi) is 4.29. The number of rotatable bonds is 2. The van der Waals surface area contributed by atoms with Crippen molar-refractivity contribution in [2.45, 2.75) is 0 Å². The number of aryl methyl sites for hydroxylation is 1. The van der Waals surface area contributed by atoms with Crippen LogP contribution < -0.4 is 0 Å². The molecule has 0 atom stereocenters. The molecule has 0 unspecified atom stereocenters. The van der Waals surface area contributed by atoms with E-state index in [1.165, 1.54) is 18.2 Å². The minimum absolute atomic E-state index is 0.0767. The molecule has 0 spiro atoms. The number of nitriles is 1. The number of halogens is 2. The van der Waals surface area contributed by atoms with Gasteiger partial charge in [-0.1, -0.05) is 23.2 Å². The molecule has 2 aromatic carbocycles. The molecule has 31 heavy (non-hydrogen) atoms. The van der Waals surface area contributed by atoms with Crippen LogP contribution >= 0.6 is 23.2 Å². The van der Waals surface area contributed by atoms with Crippen LogP contribution in [0.15, 0.2) is 46.4 Å². The molecule has 9 heteroatoms. The molecule has 150 valence electrons. The number of hydrogen-bond donors (Lipinski definition) is 0. The van der Waals surface area contributed by atoms with Gasteiger partial charge in [-0.3, -0.25) is 9.59 Å².